The predicted octanol–water partition coefficient (Wildman–Crippen LogP) is 2.67. The van der Waals surface area contributed by atoms with Crippen molar-refractivity contribution in [2.75, 3.05) is 26.2 Å². The summed E-state index contributed by atoms with van der Waals surface area (Å²) in [6, 6.07) is 3.29. The highest BCUT2D eigenvalue weighted by Gasteiger charge is 2.27. The van der Waals surface area contributed by atoms with Gasteiger partial charge in [0.25, 0.3) is 5.91 Å². The van der Waals surface area contributed by atoms with Crippen molar-refractivity contribution in [3.63, 3.8) is 0 Å². The number of amides is 1. The van der Waals surface area contributed by atoms with E-state index in [9.17, 15) is 13.6 Å². The van der Waals surface area contributed by atoms with Gasteiger partial charge in [-0.3, -0.25) is 19.1 Å². The van der Waals surface area contributed by atoms with Gasteiger partial charge in [-0.15, -0.1) is 0 Å². The number of piperazine rings is 1. The lowest BCUT2D eigenvalue weighted by Gasteiger charge is -2.34. The van der Waals surface area contributed by atoms with Gasteiger partial charge in [0.2, 0.25) is 0 Å². The molecule has 9 heteroatoms. The Morgan fingerprint density at radius 1 is 1.06 bits per heavy atom. The van der Waals surface area contributed by atoms with Crippen molar-refractivity contribution in [2.45, 2.75) is 20.4 Å². The zero-order valence-electron chi connectivity index (χ0n) is 18.2. The fourth-order valence-electron chi connectivity index (χ4n) is 4.07. The Kier molecular flexibility index (Phi) is 5.62. The molecule has 0 spiro atoms. The SMILES string of the molecule is Cc1nn(C)c(C)c1CN1CCN(C(=O)c2cn(C)nc2-c2ccc(F)cc2F)CC1. The summed E-state index contributed by atoms with van der Waals surface area (Å²) in [5.74, 6) is -1.60. The van der Waals surface area contributed by atoms with E-state index < -0.39 is 11.6 Å². The average molecular weight is 428 g/mol. The number of halogens is 2. The summed E-state index contributed by atoms with van der Waals surface area (Å²) in [5.41, 5.74) is 4.07. The molecule has 0 aliphatic carbocycles. The van der Waals surface area contributed by atoms with Crippen molar-refractivity contribution in [1.82, 2.24) is 29.4 Å². The third-order valence-corrected chi connectivity index (χ3v) is 5.95. The van der Waals surface area contributed by atoms with Crippen molar-refractivity contribution < 1.29 is 13.6 Å². The largest absolute Gasteiger partial charge is 0.336 e. The fraction of sp³-hybridized carbons (Fsp3) is 0.409. The molecule has 4 rings (SSSR count). The molecule has 0 saturated carbocycles. The molecule has 0 atom stereocenters. The first-order chi connectivity index (χ1) is 14.7. The minimum atomic E-state index is -0.736. The van der Waals surface area contributed by atoms with E-state index >= 15 is 0 Å². The van der Waals surface area contributed by atoms with Gasteiger partial charge >= 0.3 is 0 Å². The Labute approximate surface area is 179 Å². The molecule has 164 valence electrons. The quantitative estimate of drug-likeness (QED) is 0.641. The van der Waals surface area contributed by atoms with Gasteiger partial charge < -0.3 is 4.90 Å². The molecule has 7 nitrogen and oxygen atoms in total. The number of aromatic nitrogens is 4. The van der Waals surface area contributed by atoms with Gasteiger partial charge in [-0.1, -0.05) is 0 Å². The topological polar surface area (TPSA) is 59.2 Å². The second kappa shape index (κ2) is 8.22. The predicted molar refractivity (Wildman–Crippen MR) is 112 cm³/mol. The van der Waals surface area contributed by atoms with E-state index in [1.165, 1.54) is 22.4 Å². The fourth-order valence-corrected chi connectivity index (χ4v) is 4.07. The number of hydrogen-bond acceptors (Lipinski definition) is 4. The van der Waals surface area contributed by atoms with E-state index in [1.54, 1.807) is 18.1 Å². The number of hydrogen-bond donors (Lipinski definition) is 0. The van der Waals surface area contributed by atoms with Gasteiger partial charge in [0.15, 0.2) is 0 Å². The molecule has 1 saturated heterocycles. The Hall–Kier alpha value is -3.07. The van der Waals surface area contributed by atoms with Gasteiger partial charge in [-0.25, -0.2) is 8.78 Å². The van der Waals surface area contributed by atoms with Crippen molar-refractivity contribution in [3.05, 3.63) is 58.5 Å². The first kappa shape index (κ1) is 21.2. The summed E-state index contributed by atoms with van der Waals surface area (Å²) < 4.78 is 31.0. The first-order valence-electron chi connectivity index (χ1n) is 10.2. The van der Waals surface area contributed by atoms with Gasteiger partial charge in [0.05, 0.1) is 11.3 Å². The molecular weight excluding hydrogens is 402 g/mol. The summed E-state index contributed by atoms with van der Waals surface area (Å²) >= 11 is 0. The van der Waals surface area contributed by atoms with Gasteiger partial charge in [-0.05, 0) is 26.0 Å². The third kappa shape index (κ3) is 4.10. The van der Waals surface area contributed by atoms with E-state index in [0.29, 0.717) is 18.7 Å². The van der Waals surface area contributed by atoms with Crippen LogP contribution in [0.4, 0.5) is 8.78 Å². The summed E-state index contributed by atoms with van der Waals surface area (Å²) in [5, 5.41) is 8.74. The molecule has 1 fully saturated rings. The second-order valence-electron chi connectivity index (χ2n) is 8.03. The van der Waals surface area contributed by atoms with Gasteiger partial charge in [0.1, 0.15) is 17.3 Å². The maximum Gasteiger partial charge on any atom is 0.257 e. The molecule has 1 aliphatic heterocycles. The van der Waals surface area contributed by atoms with E-state index in [2.05, 4.69) is 22.0 Å². The molecule has 1 aromatic carbocycles. The number of carbonyl (C=O) groups is 1. The maximum absolute atomic E-state index is 14.3. The van der Waals surface area contributed by atoms with Gasteiger partial charge in [0, 0.05) is 75.9 Å². The standard InChI is InChI=1S/C22H26F2N6O/c1-14-18(15(2)28(4)25-14)13-29-7-9-30(10-8-29)22(31)19-12-27(3)26-21(19)17-6-5-16(23)11-20(17)24/h5-6,11-12H,7-10,13H2,1-4H3. The number of carbonyl (C=O) groups excluding carboxylic acids is 1. The molecule has 1 aliphatic rings. The number of benzene rings is 1. The number of aryl methyl sites for hydroxylation is 3. The Morgan fingerprint density at radius 2 is 1.77 bits per heavy atom. The molecule has 3 aromatic rings. The lowest BCUT2D eigenvalue weighted by atomic mass is 10.1. The minimum absolute atomic E-state index is 0.117. The molecule has 0 N–H and O–H groups in total. The van der Waals surface area contributed by atoms with Crippen LogP contribution in [0.15, 0.2) is 24.4 Å². The lowest BCUT2D eigenvalue weighted by molar-refractivity contribution is 0.0628. The van der Waals surface area contributed by atoms with Crippen LogP contribution < -0.4 is 0 Å². The van der Waals surface area contributed by atoms with E-state index in [0.717, 1.165) is 37.1 Å². The Morgan fingerprint density at radius 3 is 2.39 bits per heavy atom. The highest BCUT2D eigenvalue weighted by atomic mass is 19.1. The zero-order valence-corrected chi connectivity index (χ0v) is 18.2. The van der Waals surface area contributed by atoms with Crippen molar-refractivity contribution >= 4 is 5.91 Å². The summed E-state index contributed by atoms with van der Waals surface area (Å²) in [6.45, 7) is 7.48. The average Bonchev–Trinajstić information content (AvgIpc) is 3.22. The van der Waals surface area contributed by atoms with Crippen LogP contribution in [0.25, 0.3) is 11.3 Å². The minimum Gasteiger partial charge on any atom is -0.336 e. The summed E-state index contributed by atoms with van der Waals surface area (Å²) in [7, 11) is 3.62. The molecule has 0 bridgehead atoms. The Bertz CT molecular complexity index is 1130. The van der Waals surface area contributed by atoms with Gasteiger partial charge in [-0.2, -0.15) is 10.2 Å². The van der Waals surface area contributed by atoms with Crippen LogP contribution in [-0.4, -0.2) is 61.4 Å². The van der Waals surface area contributed by atoms with Crippen molar-refractivity contribution in [3.8, 4) is 11.3 Å². The zero-order chi connectivity index (χ0) is 22.3. The van der Waals surface area contributed by atoms with Crippen LogP contribution in [-0.2, 0) is 20.6 Å². The first-order valence-corrected chi connectivity index (χ1v) is 10.2. The third-order valence-electron chi connectivity index (χ3n) is 5.95. The molecule has 1 amide bonds. The monoisotopic (exact) mass is 428 g/mol. The van der Waals surface area contributed by atoms with Crippen molar-refractivity contribution in [2.24, 2.45) is 14.1 Å². The highest BCUT2D eigenvalue weighted by Crippen LogP contribution is 2.27. The van der Waals surface area contributed by atoms with E-state index in [4.69, 9.17) is 0 Å². The molecular formula is C22H26F2N6O. The molecule has 0 unspecified atom stereocenters. The van der Waals surface area contributed by atoms with Crippen LogP contribution in [0.3, 0.4) is 0 Å². The summed E-state index contributed by atoms with van der Waals surface area (Å²) in [4.78, 5) is 17.3. The summed E-state index contributed by atoms with van der Waals surface area (Å²) in [6.07, 6.45) is 1.59. The van der Waals surface area contributed by atoms with Crippen LogP contribution in [0.2, 0.25) is 0 Å². The normalized spacial score (nSPS) is 15.0. The lowest BCUT2D eigenvalue weighted by Crippen LogP contribution is -2.48. The number of rotatable bonds is 4. The van der Waals surface area contributed by atoms with Crippen LogP contribution in [0, 0.1) is 25.5 Å². The molecule has 2 aromatic heterocycles. The molecule has 3 heterocycles. The molecule has 0 radical (unpaired) electrons. The van der Waals surface area contributed by atoms with Crippen LogP contribution >= 0.6 is 0 Å². The van der Waals surface area contributed by atoms with E-state index in [1.807, 2.05) is 18.7 Å². The number of nitrogens with zero attached hydrogens (tertiary/aromatic N) is 6. The maximum atomic E-state index is 14.3. The van der Waals surface area contributed by atoms with Crippen molar-refractivity contribution in [1.29, 1.82) is 0 Å². The van der Waals surface area contributed by atoms with Crippen LogP contribution in [0.1, 0.15) is 27.3 Å². The second-order valence-corrected chi connectivity index (χ2v) is 8.03. The van der Waals surface area contributed by atoms with E-state index in [-0.39, 0.29) is 17.2 Å². The Balaban J connectivity index is 1.48. The molecule has 31 heavy (non-hydrogen) atoms. The highest BCUT2D eigenvalue weighted by molar-refractivity contribution is 6.00. The smallest absolute Gasteiger partial charge is 0.257 e. The van der Waals surface area contributed by atoms with Crippen LogP contribution in [0.5, 0.6) is 0 Å².